The number of benzene rings is 3. The zero-order valence-electron chi connectivity index (χ0n) is 12.4. The van der Waals surface area contributed by atoms with Gasteiger partial charge in [-0.3, -0.25) is 0 Å². The Morgan fingerprint density at radius 2 is 1.78 bits per heavy atom. The van der Waals surface area contributed by atoms with Crippen molar-refractivity contribution in [2.45, 2.75) is 6.61 Å². The molecule has 0 radical (unpaired) electrons. The molecule has 2 nitrogen and oxygen atoms in total. The Morgan fingerprint density at radius 1 is 0.957 bits per heavy atom. The number of aliphatic hydroxyl groups excluding tert-OH is 1. The van der Waals surface area contributed by atoms with Gasteiger partial charge in [0.05, 0.1) is 0 Å². The van der Waals surface area contributed by atoms with E-state index < -0.39 is 0 Å². The monoisotopic (exact) mass is 306 g/mol. The first-order chi connectivity index (χ1) is 11.3. The van der Waals surface area contributed by atoms with E-state index in [1.54, 1.807) is 24.3 Å². The van der Waals surface area contributed by atoms with Crippen LogP contribution in [0.1, 0.15) is 11.1 Å². The highest BCUT2D eigenvalue weighted by molar-refractivity contribution is 5.94. The molecule has 0 bridgehead atoms. The molecule has 3 aromatic rings. The van der Waals surface area contributed by atoms with Crippen LogP contribution in [0.3, 0.4) is 0 Å². The minimum atomic E-state index is -0.320. The fourth-order valence-electron chi connectivity index (χ4n) is 2.43. The Balaban J connectivity index is 2.04. The third-order valence-corrected chi connectivity index (χ3v) is 3.49. The van der Waals surface area contributed by atoms with E-state index in [0.717, 1.165) is 5.56 Å². The van der Waals surface area contributed by atoms with Gasteiger partial charge in [-0.15, -0.1) is 0 Å². The van der Waals surface area contributed by atoms with Crippen molar-refractivity contribution in [3.63, 3.8) is 0 Å². The number of hydrogen-bond donors (Lipinski definition) is 1. The van der Waals surface area contributed by atoms with Crippen molar-refractivity contribution < 1.29 is 14.2 Å². The van der Waals surface area contributed by atoms with Gasteiger partial charge in [-0.05, 0) is 23.8 Å². The summed E-state index contributed by atoms with van der Waals surface area (Å²) in [5.74, 6) is 5.72. The summed E-state index contributed by atoms with van der Waals surface area (Å²) in [5.41, 5.74) is 1.67. The van der Waals surface area contributed by atoms with Crippen LogP contribution in [0, 0.1) is 17.7 Å². The van der Waals surface area contributed by atoms with Crippen molar-refractivity contribution in [2.24, 2.45) is 0 Å². The SMILES string of the molecule is OCC#Cc1ccc(F)c2cccc(OCc3ccccc3)c12. The van der Waals surface area contributed by atoms with Gasteiger partial charge in [0, 0.05) is 16.3 Å². The smallest absolute Gasteiger partial charge is 0.131 e. The number of halogens is 1. The van der Waals surface area contributed by atoms with Gasteiger partial charge < -0.3 is 9.84 Å². The van der Waals surface area contributed by atoms with E-state index in [1.165, 1.54) is 6.07 Å². The molecule has 0 aliphatic carbocycles. The molecule has 0 amide bonds. The summed E-state index contributed by atoms with van der Waals surface area (Å²) < 4.78 is 20.0. The van der Waals surface area contributed by atoms with E-state index in [9.17, 15) is 4.39 Å². The Labute approximate surface area is 134 Å². The molecular formula is C20H15FO2. The van der Waals surface area contributed by atoms with Crippen molar-refractivity contribution in [3.8, 4) is 17.6 Å². The first kappa shape index (κ1) is 15.1. The lowest BCUT2D eigenvalue weighted by molar-refractivity contribution is 0.310. The normalized spacial score (nSPS) is 10.2. The maximum absolute atomic E-state index is 14.1. The highest BCUT2D eigenvalue weighted by atomic mass is 19.1. The van der Waals surface area contributed by atoms with Crippen LogP contribution >= 0.6 is 0 Å². The molecular weight excluding hydrogens is 291 g/mol. The van der Waals surface area contributed by atoms with Crippen LogP contribution in [0.2, 0.25) is 0 Å². The van der Waals surface area contributed by atoms with Crippen molar-refractivity contribution in [2.75, 3.05) is 6.61 Å². The lowest BCUT2D eigenvalue weighted by Gasteiger charge is -2.11. The van der Waals surface area contributed by atoms with E-state index in [-0.39, 0.29) is 12.4 Å². The Bertz CT molecular complexity index is 877. The number of ether oxygens (including phenoxy) is 1. The van der Waals surface area contributed by atoms with Crippen LogP contribution in [-0.2, 0) is 6.61 Å². The molecule has 0 saturated carbocycles. The fraction of sp³-hybridized carbons (Fsp3) is 0.100. The third kappa shape index (κ3) is 3.33. The largest absolute Gasteiger partial charge is 0.488 e. The molecule has 1 N–H and O–H groups in total. The second kappa shape index (κ2) is 6.95. The van der Waals surface area contributed by atoms with Gasteiger partial charge in [0.15, 0.2) is 0 Å². The maximum atomic E-state index is 14.1. The summed E-state index contributed by atoms with van der Waals surface area (Å²) >= 11 is 0. The van der Waals surface area contributed by atoms with Crippen LogP contribution in [0.5, 0.6) is 5.75 Å². The number of aliphatic hydroxyl groups is 1. The predicted molar refractivity (Wildman–Crippen MR) is 88.6 cm³/mol. The molecule has 0 heterocycles. The molecule has 3 aromatic carbocycles. The molecule has 0 atom stereocenters. The summed E-state index contributed by atoms with van der Waals surface area (Å²) in [6.07, 6.45) is 0. The first-order valence-electron chi connectivity index (χ1n) is 7.27. The standard InChI is InChI=1S/C20H15FO2/c21-18-12-11-16(8-5-13-22)20-17(18)9-4-10-19(20)23-14-15-6-2-1-3-7-15/h1-4,6-7,9-12,22H,13-14H2. The van der Waals surface area contributed by atoms with Gasteiger partial charge >= 0.3 is 0 Å². The molecule has 3 rings (SSSR count). The van der Waals surface area contributed by atoms with E-state index in [0.29, 0.717) is 28.7 Å². The molecule has 0 aliphatic rings. The lowest BCUT2D eigenvalue weighted by Crippen LogP contribution is -1.97. The van der Waals surface area contributed by atoms with Crippen molar-refractivity contribution >= 4 is 10.8 Å². The Hall–Kier alpha value is -2.83. The molecule has 3 heteroatoms. The summed E-state index contributed by atoms with van der Waals surface area (Å²) in [6.45, 7) is 0.148. The van der Waals surface area contributed by atoms with Gasteiger partial charge in [0.1, 0.15) is 24.8 Å². The Kier molecular flexibility index (Phi) is 4.56. The molecule has 0 aromatic heterocycles. The maximum Gasteiger partial charge on any atom is 0.131 e. The van der Waals surface area contributed by atoms with E-state index in [4.69, 9.17) is 9.84 Å². The zero-order valence-corrected chi connectivity index (χ0v) is 12.4. The Morgan fingerprint density at radius 3 is 2.57 bits per heavy atom. The number of rotatable bonds is 3. The predicted octanol–water partition coefficient (Wildman–Crippen LogP) is 3.90. The molecule has 0 spiro atoms. The number of hydrogen-bond acceptors (Lipinski definition) is 2. The minimum Gasteiger partial charge on any atom is -0.488 e. The van der Waals surface area contributed by atoms with Crippen molar-refractivity contribution in [3.05, 3.63) is 77.6 Å². The molecule has 0 fully saturated rings. The quantitative estimate of drug-likeness (QED) is 0.744. The van der Waals surface area contributed by atoms with Gasteiger partial charge in [-0.1, -0.05) is 54.3 Å². The molecule has 0 saturated heterocycles. The van der Waals surface area contributed by atoms with Gasteiger partial charge in [0.2, 0.25) is 0 Å². The topological polar surface area (TPSA) is 29.5 Å². The second-order valence-electron chi connectivity index (χ2n) is 5.01. The van der Waals surface area contributed by atoms with Crippen LogP contribution in [-0.4, -0.2) is 11.7 Å². The fourth-order valence-corrected chi connectivity index (χ4v) is 2.43. The lowest BCUT2D eigenvalue weighted by atomic mass is 10.0. The van der Waals surface area contributed by atoms with Crippen molar-refractivity contribution in [1.29, 1.82) is 0 Å². The second-order valence-corrected chi connectivity index (χ2v) is 5.01. The van der Waals surface area contributed by atoms with Gasteiger partial charge in [-0.2, -0.15) is 0 Å². The van der Waals surface area contributed by atoms with E-state index >= 15 is 0 Å². The molecule has 114 valence electrons. The average molecular weight is 306 g/mol. The molecule has 23 heavy (non-hydrogen) atoms. The third-order valence-electron chi connectivity index (χ3n) is 3.49. The van der Waals surface area contributed by atoms with E-state index in [2.05, 4.69) is 11.8 Å². The van der Waals surface area contributed by atoms with E-state index in [1.807, 2.05) is 30.3 Å². The van der Waals surface area contributed by atoms with Crippen LogP contribution < -0.4 is 4.74 Å². The summed E-state index contributed by atoms with van der Waals surface area (Å²) in [5, 5.41) is 9.98. The van der Waals surface area contributed by atoms with Crippen LogP contribution in [0.4, 0.5) is 4.39 Å². The highest BCUT2D eigenvalue weighted by Crippen LogP contribution is 2.31. The number of fused-ring (bicyclic) bond motifs is 1. The molecule has 0 unspecified atom stereocenters. The van der Waals surface area contributed by atoms with Gasteiger partial charge in [0.25, 0.3) is 0 Å². The summed E-state index contributed by atoms with van der Waals surface area (Å²) in [7, 11) is 0. The molecule has 0 aliphatic heterocycles. The van der Waals surface area contributed by atoms with Crippen molar-refractivity contribution in [1.82, 2.24) is 0 Å². The zero-order chi connectivity index (χ0) is 16.1. The summed E-state index contributed by atoms with van der Waals surface area (Å²) in [4.78, 5) is 0. The minimum absolute atomic E-state index is 0.244. The average Bonchev–Trinajstić information content (AvgIpc) is 2.60. The first-order valence-corrected chi connectivity index (χ1v) is 7.27. The van der Waals surface area contributed by atoms with Gasteiger partial charge in [-0.25, -0.2) is 4.39 Å². The highest BCUT2D eigenvalue weighted by Gasteiger charge is 2.10. The summed E-state index contributed by atoms with van der Waals surface area (Å²) in [6, 6.07) is 18.0. The van der Waals surface area contributed by atoms with Crippen LogP contribution in [0.15, 0.2) is 60.7 Å². The van der Waals surface area contributed by atoms with Crippen LogP contribution in [0.25, 0.3) is 10.8 Å².